The summed E-state index contributed by atoms with van der Waals surface area (Å²) in [5, 5.41) is 6.95. The van der Waals surface area contributed by atoms with Crippen molar-refractivity contribution in [3.8, 4) is 0 Å². The molecular weight excluding hydrogens is 548 g/mol. The minimum absolute atomic E-state index is 0.00591. The minimum atomic E-state index is -3.42. The Kier molecular flexibility index (Phi) is 9.14. The van der Waals surface area contributed by atoms with Crippen LogP contribution in [0.1, 0.15) is 55.2 Å². The lowest BCUT2D eigenvalue weighted by Gasteiger charge is -2.36. The van der Waals surface area contributed by atoms with Gasteiger partial charge in [0.25, 0.3) is 0 Å². The normalized spacial score (nSPS) is 22.6. The number of halogens is 1. The van der Waals surface area contributed by atoms with Gasteiger partial charge in [-0.2, -0.15) is 4.31 Å². The second-order valence-corrected chi connectivity index (χ2v) is 13.7. The van der Waals surface area contributed by atoms with Crippen molar-refractivity contribution in [1.82, 2.24) is 19.8 Å². The summed E-state index contributed by atoms with van der Waals surface area (Å²) in [4.78, 5) is 29.1. The fourth-order valence-electron chi connectivity index (χ4n) is 6.51. The number of sulfonamides is 1. The number of benzene rings is 2. The van der Waals surface area contributed by atoms with Crippen molar-refractivity contribution in [1.29, 1.82) is 0 Å². The largest absolute Gasteiger partial charge is 0.343 e. The molecule has 10 heteroatoms. The Balaban J connectivity index is 1.31. The monoisotopic (exact) mass is 586 g/mol. The first-order valence-electron chi connectivity index (χ1n) is 14.3. The molecule has 0 radical (unpaired) electrons. The van der Waals surface area contributed by atoms with Gasteiger partial charge in [0.05, 0.1) is 12.3 Å². The van der Waals surface area contributed by atoms with E-state index in [0.29, 0.717) is 43.9 Å². The molecule has 1 aliphatic carbocycles. The van der Waals surface area contributed by atoms with Gasteiger partial charge in [-0.15, -0.1) is 0 Å². The second-order valence-electron chi connectivity index (χ2n) is 11.4. The van der Waals surface area contributed by atoms with Crippen LogP contribution < -0.4 is 10.6 Å². The van der Waals surface area contributed by atoms with Gasteiger partial charge >= 0.3 is 0 Å². The summed E-state index contributed by atoms with van der Waals surface area (Å²) >= 11 is 6.08. The molecule has 0 spiro atoms. The van der Waals surface area contributed by atoms with Crippen molar-refractivity contribution in [2.45, 2.75) is 82.1 Å². The SMILES string of the molecule is CS(=O)(=O)N(C1CCCCC1)[C@H]1CCN(C(=O)[C@@H](Cc2ccc(Cl)cc2)NC(=O)[C@H]2Cc3ccccc3CN2)C1. The van der Waals surface area contributed by atoms with E-state index in [0.717, 1.165) is 43.2 Å². The number of hydrogen-bond donors (Lipinski definition) is 2. The third-order valence-corrected chi connectivity index (χ3v) is 10.1. The van der Waals surface area contributed by atoms with Crippen molar-refractivity contribution in [2.24, 2.45) is 0 Å². The van der Waals surface area contributed by atoms with Gasteiger partial charge in [0, 0.05) is 43.2 Å². The van der Waals surface area contributed by atoms with Crippen molar-refractivity contribution in [3.05, 3.63) is 70.2 Å². The van der Waals surface area contributed by atoms with Crippen molar-refractivity contribution >= 4 is 33.4 Å². The van der Waals surface area contributed by atoms with Gasteiger partial charge in [-0.3, -0.25) is 9.59 Å². The van der Waals surface area contributed by atoms with Gasteiger partial charge in [-0.1, -0.05) is 67.3 Å². The maximum Gasteiger partial charge on any atom is 0.245 e. The Morgan fingerprint density at radius 3 is 2.42 bits per heavy atom. The van der Waals surface area contributed by atoms with E-state index in [1.165, 1.54) is 11.8 Å². The van der Waals surface area contributed by atoms with E-state index >= 15 is 0 Å². The lowest BCUT2D eigenvalue weighted by atomic mass is 9.94. The Hall–Kier alpha value is -2.46. The summed E-state index contributed by atoms with van der Waals surface area (Å²) in [6.07, 6.45) is 7.68. The van der Waals surface area contributed by atoms with Crippen molar-refractivity contribution in [2.75, 3.05) is 19.3 Å². The zero-order valence-electron chi connectivity index (χ0n) is 23.0. The molecule has 2 N–H and O–H groups in total. The number of carbonyl (C=O) groups is 2. The molecule has 2 fully saturated rings. The summed E-state index contributed by atoms with van der Waals surface area (Å²) in [7, 11) is -3.42. The molecule has 0 aromatic heterocycles. The highest BCUT2D eigenvalue weighted by Gasteiger charge is 2.41. The first-order chi connectivity index (χ1) is 19.2. The number of nitrogens with zero attached hydrogens (tertiary/aromatic N) is 2. The van der Waals surface area contributed by atoms with Crippen LogP contribution in [0.25, 0.3) is 0 Å². The van der Waals surface area contributed by atoms with Crippen LogP contribution in [0, 0.1) is 0 Å². The zero-order chi connectivity index (χ0) is 28.3. The van der Waals surface area contributed by atoms with Crippen molar-refractivity contribution in [3.63, 3.8) is 0 Å². The number of nitrogens with one attached hydrogen (secondary N) is 2. The van der Waals surface area contributed by atoms with Gasteiger partial charge in [0.15, 0.2) is 0 Å². The zero-order valence-corrected chi connectivity index (χ0v) is 24.6. The first-order valence-corrected chi connectivity index (χ1v) is 16.5. The van der Waals surface area contributed by atoms with E-state index in [1.807, 2.05) is 30.3 Å². The number of likely N-dealkylation sites (tertiary alicyclic amines) is 1. The number of carbonyl (C=O) groups excluding carboxylic acids is 2. The molecule has 2 aliphatic heterocycles. The number of hydrogen-bond acceptors (Lipinski definition) is 5. The van der Waals surface area contributed by atoms with E-state index in [-0.39, 0.29) is 23.9 Å². The van der Waals surface area contributed by atoms with E-state index in [2.05, 4.69) is 16.7 Å². The minimum Gasteiger partial charge on any atom is -0.343 e. The fraction of sp³-hybridized carbons (Fsp3) is 0.533. The summed E-state index contributed by atoms with van der Waals surface area (Å²) in [5.41, 5.74) is 3.20. The van der Waals surface area contributed by atoms with Crippen LogP contribution in [0.3, 0.4) is 0 Å². The van der Waals surface area contributed by atoms with E-state index < -0.39 is 22.1 Å². The molecule has 216 valence electrons. The molecule has 5 rings (SSSR count). The van der Waals surface area contributed by atoms with Gasteiger partial charge in [-0.25, -0.2) is 8.42 Å². The molecule has 0 unspecified atom stereocenters. The van der Waals surface area contributed by atoms with Crippen LogP contribution in [0.4, 0.5) is 0 Å². The summed E-state index contributed by atoms with van der Waals surface area (Å²) < 4.78 is 27.4. The predicted molar refractivity (Wildman–Crippen MR) is 156 cm³/mol. The molecule has 2 amide bonds. The smallest absolute Gasteiger partial charge is 0.245 e. The number of amides is 2. The molecule has 3 atom stereocenters. The lowest BCUT2D eigenvalue weighted by molar-refractivity contribution is -0.136. The highest BCUT2D eigenvalue weighted by atomic mass is 35.5. The predicted octanol–water partition coefficient (Wildman–Crippen LogP) is 3.28. The highest BCUT2D eigenvalue weighted by molar-refractivity contribution is 7.88. The Morgan fingerprint density at radius 1 is 1.02 bits per heavy atom. The third kappa shape index (κ3) is 6.87. The summed E-state index contributed by atoms with van der Waals surface area (Å²) in [6.45, 7) is 1.40. The molecule has 8 nitrogen and oxygen atoms in total. The van der Waals surface area contributed by atoms with E-state index in [1.54, 1.807) is 21.3 Å². The van der Waals surface area contributed by atoms with Crippen LogP contribution >= 0.6 is 11.6 Å². The Morgan fingerprint density at radius 2 is 1.73 bits per heavy atom. The molecule has 1 saturated carbocycles. The van der Waals surface area contributed by atoms with Crippen LogP contribution in [0.5, 0.6) is 0 Å². The van der Waals surface area contributed by atoms with Crippen molar-refractivity contribution < 1.29 is 18.0 Å². The fourth-order valence-corrected chi connectivity index (χ4v) is 8.11. The Labute approximate surface area is 242 Å². The van der Waals surface area contributed by atoms with Gasteiger partial charge < -0.3 is 15.5 Å². The average Bonchev–Trinajstić information content (AvgIpc) is 3.42. The Bertz CT molecular complexity index is 1310. The van der Waals surface area contributed by atoms with Crippen LogP contribution in [0.15, 0.2) is 48.5 Å². The standard InChI is InChI=1S/C30H39ClN4O4S/c1-40(38,39)35(25-9-3-2-4-10-25)26-15-16-34(20-26)30(37)28(17-21-11-13-24(31)14-12-21)33-29(36)27-18-22-7-5-6-8-23(22)19-32-27/h5-8,11-14,25-28,32H,2-4,9-10,15-20H2,1H3,(H,33,36)/t26-,27+,28+/m0/s1. The summed E-state index contributed by atoms with van der Waals surface area (Å²) in [6, 6.07) is 13.9. The van der Waals surface area contributed by atoms with Crippen LogP contribution in [-0.2, 0) is 39.0 Å². The van der Waals surface area contributed by atoms with E-state index in [4.69, 9.17) is 11.6 Å². The summed E-state index contributed by atoms with van der Waals surface area (Å²) in [5.74, 6) is -0.392. The maximum absolute atomic E-state index is 13.9. The van der Waals surface area contributed by atoms with Crippen LogP contribution in [-0.4, -0.2) is 72.9 Å². The average molecular weight is 587 g/mol. The lowest BCUT2D eigenvalue weighted by Crippen LogP contribution is -2.56. The maximum atomic E-state index is 13.9. The molecule has 1 saturated heterocycles. The highest BCUT2D eigenvalue weighted by Crippen LogP contribution is 2.30. The molecular formula is C30H39ClN4O4S. The van der Waals surface area contributed by atoms with Gasteiger partial charge in [0.1, 0.15) is 6.04 Å². The number of rotatable bonds is 8. The van der Waals surface area contributed by atoms with Gasteiger partial charge in [0.2, 0.25) is 21.8 Å². The first kappa shape index (κ1) is 29.0. The molecule has 2 aromatic rings. The molecule has 3 aliphatic rings. The topological polar surface area (TPSA) is 98.8 Å². The molecule has 2 aromatic carbocycles. The molecule has 40 heavy (non-hydrogen) atoms. The van der Waals surface area contributed by atoms with Crippen LogP contribution in [0.2, 0.25) is 5.02 Å². The molecule has 0 bridgehead atoms. The molecule has 2 heterocycles. The third-order valence-electron chi connectivity index (χ3n) is 8.52. The number of fused-ring (bicyclic) bond motifs is 1. The van der Waals surface area contributed by atoms with E-state index in [9.17, 15) is 18.0 Å². The quantitative estimate of drug-likeness (QED) is 0.495. The second kappa shape index (κ2) is 12.6. The van der Waals surface area contributed by atoms with Gasteiger partial charge in [-0.05, 0) is 54.5 Å².